The molecule has 0 saturated heterocycles. The van der Waals surface area contributed by atoms with E-state index < -0.39 is 0 Å². The highest BCUT2D eigenvalue weighted by molar-refractivity contribution is 6.16. The fourth-order valence-electron chi connectivity index (χ4n) is 9.28. The van der Waals surface area contributed by atoms with Crippen LogP contribution >= 0.6 is 0 Å². The molecule has 4 heterocycles. The molecule has 51 heavy (non-hydrogen) atoms. The standard InChI is InChI=1S/C45H49N4O2/c1-44(2)38(48(26-14-28-50)36-24-22-34-40(42(36)44)30-16-10-12-18-32(30)46(34)5)20-8-7-9-21-39-45(3,4)43-37(49(39)27-15-29-51)25-23-35-41(43)31-17-11-13-19-33(31)47(35)6/h7-13,16-25,50-51H,14-15,26-29H2,1-6H3/q+1. The molecule has 0 radical (unpaired) electrons. The molecule has 6 heteroatoms. The molecule has 0 amide bonds. The Bertz CT molecular complexity index is 2480. The van der Waals surface area contributed by atoms with Crippen LogP contribution in [0.5, 0.6) is 0 Å². The lowest BCUT2D eigenvalue weighted by atomic mass is 9.79. The number of nitrogens with zero attached hydrogens (tertiary/aromatic N) is 4. The van der Waals surface area contributed by atoms with Crippen molar-refractivity contribution in [3.05, 3.63) is 120 Å². The maximum Gasteiger partial charge on any atom is 0.210 e. The van der Waals surface area contributed by atoms with Crippen molar-refractivity contribution >= 4 is 60.7 Å². The summed E-state index contributed by atoms with van der Waals surface area (Å²) in [6.45, 7) is 11.2. The van der Waals surface area contributed by atoms with Gasteiger partial charge in [-0.05, 0) is 62.2 Å². The summed E-state index contributed by atoms with van der Waals surface area (Å²) in [5.41, 5.74) is 12.1. The first-order valence-corrected chi connectivity index (χ1v) is 18.3. The maximum absolute atomic E-state index is 9.86. The number of rotatable bonds is 9. The van der Waals surface area contributed by atoms with Crippen LogP contribution in [0.3, 0.4) is 0 Å². The summed E-state index contributed by atoms with van der Waals surface area (Å²) in [6, 6.07) is 26.4. The van der Waals surface area contributed by atoms with Gasteiger partial charge >= 0.3 is 0 Å². The van der Waals surface area contributed by atoms with Gasteiger partial charge in [-0.3, -0.25) is 0 Å². The van der Waals surface area contributed by atoms with E-state index in [1.54, 1.807) is 0 Å². The SMILES string of the molecule is Cn1c2ccccc2c2c3c(ccc21)[N+](CCCO)=C(/C=C/C=C/C=C1/N(CCCO)c2ccc4c(c2C1(C)C)c1ccccc1n4C)C3(C)C. The predicted octanol–water partition coefficient (Wildman–Crippen LogP) is 8.91. The Balaban J connectivity index is 1.18. The first-order valence-electron chi connectivity index (χ1n) is 18.3. The van der Waals surface area contributed by atoms with E-state index in [1.807, 2.05) is 0 Å². The molecule has 0 spiro atoms. The number of aliphatic hydroxyl groups excluding tert-OH is 2. The Morgan fingerprint density at radius 3 is 1.90 bits per heavy atom. The van der Waals surface area contributed by atoms with Crippen LogP contribution in [0.15, 0.2) is 109 Å². The minimum absolute atomic E-state index is 0.156. The molecule has 0 saturated carbocycles. The summed E-state index contributed by atoms with van der Waals surface area (Å²) in [7, 11) is 4.32. The smallest absolute Gasteiger partial charge is 0.210 e. The minimum atomic E-state index is -0.239. The van der Waals surface area contributed by atoms with Crippen LogP contribution in [0.2, 0.25) is 0 Å². The zero-order chi connectivity index (χ0) is 35.7. The first-order chi connectivity index (χ1) is 24.6. The van der Waals surface area contributed by atoms with Gasteiger partial charge in [-0.2, -0.15) is 4.58 Å². The molecule has 2 aromatic heterocycles. The average Bonchev–Trinajstić information content (AvgIpc) is 3.74. The second kappa shape index (κ2) is 12.4. The Morgan fingerprint density at radius 2 is 1.25 bits per heavy atom. The van der Waals surface area contributed by atoms with Crippen LogP contribution in [0.1, 0.15) is 51.7 Å². The summed E-state index contributed by atoms with van der Waals surface area (Å²) in [6.07, 6.45) is 12.4. The predicted molar refractivity (Wildman–Crippen MR) is 214 cm³/mol. The van der Waals surface area contributed by atoms with Crippen LogP contribution < -0.4 is 4.90 Å². The van der Waals surface area contributed by atoms with Gasteiger partial charge in [0.2, 0.25) is 5.69 Å². The minimum Gasteiger partial charge on any atom is -0.396 e. The fraction of sp³-hybridized carbons (Fsp3) is 0.311. The molecule has 0 aliphatic carbocycles. The monoisotopic (exact) mass is 677 g/mol. The van der Waals surface area contributed by atoms with Crippen LogP contribution in [0.4, 0.5) is 11.4 Å². The molecule has 0 fully saturated rings. The van der Waals surface area contributed by atoms with Crippen molar-refractivity contribution < 1.29 is 14.8 Å². The van der Waals surface area contributed by atoms with E-state index in [2.05, 4.69) is 164 Å². The topological polar surface area (TPSA) is 56.6 Å². The molecule has 8 rings (SSSR count). The molecule has 0 atom stereocenters. The van der Waals surface area contributed by atoms with Crippen LogP contribution in [0.25, 0.3) is 43.6 Å². The van der Waals surface area contributed by atoms with Crippen LogP contribution in [0, 0.1) is 0 Å². The third kappa shape index (κ3) is 4.87. The summed E-state index contributed by atoms with van der Waals surface area (Å²) < 4.78 is 7.03. The third-order valence-corrected chi connectivity index (χ3v) is 11.6. The molecule has 2 N–H and O–H groups in total. The Morgan fingerprint density at radius 1 is 0.647 bits per heavy atom. The van der Waals surface area contributed by atoms with Crippen molar-refractivity contribution in [1.82, 2.24) is 9.13 Å². The zero-order valence-electron chi connectivity index (χ0n) is 30.7. The highest BCUT2D eigenvalue weighted by Gasteiger charge is 2.46. The second-order valence-electron chi connectivity index (χ2n) is 15.2. The van der Waals surface area contributed by atoms with Gasteiger partial charge in [0.25, 0.3) is 0 Å². The summed E-state index contributed by atoms with van der Waals surface area (Å²) in [5, 5.41) is 24.9. The van der Waals surface area contributed by atoms with E-state index in [0.717, 1.165) is 13.1 Å². The van der Waals surface area contributed by atoms with Gasteiger partial charge in [-0.15, -0.1) is 0 Å². The summed E-state index contributed by atoms with van der Waals surface area (Å²) in [5.74, 6) is 0. The summed E-state index contributed by atoms with van der Waals surface area (Å²) >= 11 is 0. The van der Waals surface area contributed by atoms with Gasteiger partial charge in [-0.1, -0.05) is 68.5 Å². The Kier molecular flexibility index (Phi) is 8.08. The Hall–Kier alpha value is -4.91. The molecule has 260 valence electrons. The van der Waals surface area contributed by atoms with Gasteiger partial charge in [0, 0.05) is 118 Å². The number of aromatic nitrogens is 2. The highest BCUT2D eigenvalue weighted by Crippen LogP contribution is 2.52. The van der Waals surface area contributed by atoms with Gasteiger partial charge in [0.05, 0.1) is 5.41 Å². The second-order valence-corrected chi connectivity index (χ2v) is 15.2. The van der Waals surface area contributed by atoms with Gasteiger partial charge in [0.15, 0.2) is 12.3 Å². The van der Waals surface area contributed by atoms with Crippen LogP contribution in [-0.2, 0) is 24.9 Å². The highest BCUT2D eigenvalue weighted by atomic mass is 16.3. The lowest BCUT2D eigenvalue weighted by Crippen LogP contribution is -2.28. The first kappa shape index (κ1) is 33.2. The van der Waals surface area contributed by atoms with E-state index in [1.165, 1.54) is 77.5 Å². The normalized spacial score (nSPS) is 17.6. The number of hydrogen-bond acceptors (Lipinski definition) is 3. The largest absolute Gasteiger partial charge is 0.396 e. The number of fused-ring (bicyclic) bond motifs is 10. The number of allylic oxidation sites excluding steroid dienone is 6. The maximum atomic E-state index is 9.86. The molecule has 0 unspecified atom stereocenters. The number of aryl methyl sites for hydroxylation is 2. The molecule has 2 aliphatic heterocycles. The van der Waals surface area contributed by atoms with E-state index in [0.29, 0.717) is 12.8 Å². The van der Waals surface area contributed by atoms with Gasteiger partial charge < -0.3 is 24.2 Å². The fourth-order valence-corrected chi connectivity index (χ4v) is 9.28. The van der Waals surface area contributed by atoms with Crippen molar-refractivity contribution in [2.45, 2.75) is 51.4 Å². The molecule has 4 aromatic carbocycles. The van der Waals surface area contributed by atoms with Crippen molar-refractivity contribution in [2.75, 3.05) is 31.2 Å². The van der Waals surface area contributed by atoms with E-state index >= 15 is 0 Å². The van der Waals surface area contributed by atoms with Crippen molar-refractivity contribution in [2.24, 2.45) is 14.1 Å². The quantitative estimate of drug-likeness (QED) is 0.119. The number of para-hydroxylation sites is 2. The van der Waals surface area contributed by atoms with E-state index in [4.69, 9.17) is 0 Å². The van der Waals surface area contributed by atoms with Crippen molar-refractivity contribution in [3.8, 4) is 0 Å². The van der Waals surface area contributed by atoms with Crippen molar-refractivity contribution in [1.29, 1.82) is 0 Å². The summed E-state index contributed by atoms with van der Waals surface area (Å²) in [4.78, 5) is 2.42. The van der Waals surface area contributed by atoms with E-state index in [-0.39, 0.29) is 24.0 Å². The lowest BCUT2D eigenvalue weighted by molar-refractivity contribution is -0.438. The zero-order valence-corrected chi connectivity index (χ0v) is 30.7. The number of hydrogen-bond donors (Lipinski definition) is 2. The van der Waals surface area contributed by atoms with Gasteiger partial charge in [0.1, 0.15) is 0 Å². The molecular weight excluding hydrogens is 629 g/mol. The molecule has 2 aliphatic rings. The van der Waals surface area contributed by atoms with E-state index in [9.17, 15) is 10.2 Å². The molecule has 6 aromatic rings. The molecule has 0 bridgehead atoms. The molecule has 6 nitrogen and oxygen atoms in total. The number of anilines is 1. The van der Waals surface area contributed by atoms with Crippen LogP contribution in [-0.4, -0.2) is 55.9 Å². The lowest BCUT2D eigenvalue weighted by Gasteiger charge is -2.27. The molecular formula is C45H49N4O2+. The number of aliphatic hydroxyl groups is 2. The Labute approximate surface area is 300 Å². The van der Waals surface area contributed by atoms with Gasteiger partial charge in [-0.25, -0.2) is 0 Å². The third-order valence-electron chi connectivity index (χ3n) is 11.6. The number of benzene rings is 4. The average molecular weight is 678 g/mol. The van der Waals surface area contributed by atoms with Crippen molar-refractivity contribution in [3.63, 3.8) is 0 Å².